The fraction of sp³-hybridized carbons (Fsp3) is 0.412. The van der Waals surface area contributed by atoms with E-state index in [1.54, 1.807) is 10.7 Å². The zero-order chi connectivity index (χ0) is 17.1. The van der Waals surface area contributed by atoms with E-state index in [9.17, 15) is 9.18 Å². The van der Waals surface area contributed by atoms with E-state index in [4.69, 9.17) is 0 Å². The number of aromatic nitrogens is 2. The Balaban J connectivity index is 1.64. The van der Waals surface area contributed by atoms with Gasteiger partial charge in [0.15, 0.2) is 0 Å². The van der Waals surface area contributed by atoms with Crippen LogP contribution >= 0.6 is 22.6 Å². The van der Waals surface area contributed by atoms with Gasteiger partial charge in [0.25, 0.3) is 5.91 Å². The molecule has 1 amide bonds. The van der Waals surface area contributed by atoms with Crippen LogP contribution < -0.4 is 0 Å². The zero-order valence-electron chi connectivity index (χ0n) is 13.6. The van der Waals surface area contributed by atoms with Gasteiger partial charge in [0.1, 0.15) is 5.82 Å². The number of aryl methyl sites for hydroxylation is 1. The summed E-state index contributed by atoms with van der Waals surface area (Å²) in [6, 6.07) is 4.37. The van der Waals surface area contributed by atoms with Crippen LogP contribution in [0.3, 0.4) is 0 Å². The summed E-state index contributed by atoms with van der Waals surface area (Å²) in [5, 5.41) is 4.20. The number of halogens is 2. The third-order valence-corrected chi connectivity index (χ3v) is 5.14. The van der Waals surface area contributed by atoms with E-state index in [0.717, 1.165) is 29.6 Å². The maximum absolute atomic E-state index is 13.5. The van der Waals surface area contributed by atoms with Crippen LogP contribution in [0.4, 0.5) is 4.39 Å². The smallest absolute Gasteiger partial charge is 0.255 e. The van der Waals surface area contributed by atoms with Crippen LogP contribution in [0.1, 0.15) is 22.3 Å². The maximum atomic E-state index is 13.5. The number of hydrogen-bond acceptors (Lipinski definition) is 3. The first-order chi connectivity index (χ1) is 11.5. The Morgan fingerprint density at radius 3 is 2.88 bits per heavy atom. The Hall–Kier alpha value is -1.48. The Labute approximate surface area is 154 Å². The number of rotatable bonds is 3. The molecule has 0 N–H and O–H groups in total. The summed E-state index contributed by atoms with van der Waals surface area (Å²) in [6.45, 7) is 3.96. The van der Waals surface area contributed by atoms with Crippen molar-refractivity contribution >= 4 is 28.5 Å². The highest BCUT2D eigenvalue weighted by molar-refractivity contribution is 14.1. The lowest BCUT2D eigenvalue weighted by molar-refractivity contribution is 0.0759. The van der Waals surface area contributed by atoms with E-state index in [1.165, 1.54) is 17.7 Å². The zero-order valence-corrected chi connectivity index (χ0v) is 15.7. The molecule has 1 fully saturated rings. The average Bonchev–Trinajstić information content (AvgIpc) is 2.82. The molecule has 2 heterocycles. The molecule has 0 spiro atoms. The molecule has 1 aliphatic rings. The summed E-state index contributed by atoms with van der Waals surface area (Å²) in [4.78, 5) is 16.9. The van der Waals surface area contributed by atoms with Gasteiger partial charge in [-0.15, -0.1) is 0 Å². The first-order valence-corrected chi connectivity index (χ1v) is 9.05. The highest BCUT2D eigenvalue weighted by atomic mass is 127. The minimum absolute atomic E-state index is 0.0814. The quantitative estimate of drug-likeness (QED) is 0.687. The second-order valence-corrected chi connectivity index (χ2v) is 7.23. The summed E-state index contributed by atoms with van der Waals surface area (Å²) in [5.41, 5.74) is 1.63. The summed E-state index contributed by atoms with van der Waals surface area (Å²) in [7, 11) is 1.91. The van der Waals surface area contributed by atoms with Gasteiger partial charge in [-0.3, -0.25) is 14.4 Å². The molecule has 0 atom stereocenters. The predicted octanol–water partition coefficient (Wildman–Crippen LogP) is 2.51. The van der Waals surface area contributed by atoms with Crippen molar-refractivity contribution in [3.05, 3.63) is 51.1 Å². The summed E-state index contributed by atoms with van der Waals surface area (Å²) in [6.07, 6.45) is 4.81. The fourth-order valence-electron chi connectivity index (χ4n) is 2.98. The summed E-state index contributed by atoms with van der Waals surface area (Å²) >= 11 is 2.09. The molecular weight excluding hydrogens is 422 g/mol. The van der Waals surface area contributed by atoms with Crippen LogP contribution in [0.15, 0.2) is 30.6 Å². The Morgan fingerprint density at radius 1 is 1.29 bits per heavy atom. The van der Waals surface area contributed by atoms with Gasteiger partial charge in [0, 0.05) is 55.1 Å². The molecule has 128 valence electrons. The van der Waals surface area contributed by atoms with Gasteiger partial charge in [0.05, 0.1) is 11.8 Å². The van der Waals surface area contributed by atoms with Crippen LogP contribution in [0.2, 0.25) is 0 Å². The Morgan fingerprint density at radius 2 is 2.12 bits per heavy atom. The number of nitrogens with zero attached hydrogens (tertiary/aromatic N) is 4. The second kappa shape index (κ2) is 7.60. The van der Waals surface area contributed by atoms with Crippen LogP contribution in [-0.4, -0.2) is 51.7 Å². The number of amides is 1. The van der Waals surface area contributed by atoms with Crippen LogP contribution in [0.5, 0.6) is 0 Å². The lowest BCUT2D eigenvalue weighted by Gasteiger charge is -2.22. The Kier molecular flexibility index (Phi) is 5.50. The van der Waals surface area contributed by atoms with Gasteiger partial charge in [-0.1, -0.05) is 0 Å². The molecule has 24 heavy (non-hydrogen) atoms. The lowest BCUT2D eigenvalue weighted by Crippen LogP contribution is -2.35. The van der Waals surface area contributed by atoms with E-state index in [2.05, 4.69) is 32.6 Å². The predicted molar refractivity (Wildman–Crippen MR) is 98.1 cm³/mol. The van der Waals surface area contributed by atoms with Gasteiger partial charge in [-0.05, 0) is 47.2 Å². The molecule has 0 saturated carbocycles. The highest BCUT2D eigenvalue weighted by Gasteiger charge is 2.22. The van der Waals surface area contributed by atoms with Crippen molar-refractivity contribution in [2.24, 2.45) is 7.05 Å². The van der Waals surface area contributed by atoms with Crippen molar-refractivity contribution in [3.63, 3.8) is 0 Å². The van der Waals surface area contributed by atoms with E-state index in [-0.39, 0.29) is 11.7 Å². The number of carbonyl (C=O) groups excluding carboxylic acids is 1. The first-order valence-electron chi connectivity index (χ1n) is 7.97. The van der Waals surface area contributed by atoms with E-state index in [0.29, 0.717) is 18.7 Å². The van der Waals surface area contributed by atoms with Crippen molar-refractivity contribution in [2.75, 3.05) is 26.2 Å². The molecule has 0 radical (unpaired) electrons. The summed E-state index contributed by atoms with van der Waals surface area (Å²) in [5.74, 6) is -0.450. The molecule has 7 heteroatoms. The van der Waals surface area contributed by atoms with Crippen molar-refractivity contribution < 1.29 is 9.18 Å². The molecule has 3 rings (SSSR count). The molecule has 1 aromatic carbocycles. The van der Waals surface area contributed by atoms with Crippen molar-refractivity contribution in [1.82, 2.24) is 19.6 Å². The SMILES string of the molecule is Cn1cc(CN2CCCN(C(=O)c3cc(F)ccc3I)CC2)cn1. The molecule has 0 unspecified atom stereocenters. The van der Waals surface area contributed by atoms with Crippen molar-refractivity contribution in [2.45, 2.75) is 13.0 Å². The molecular formula is C17H20FIN4O. The van der Waals surface area contributed by atoms with Gasteiger partial charge < -0.3 is 4.90 Å². The lowest BCUT2D eigenvalue weighted by atomic mass is 10.2. The van der Waals surface area contributed by atoms with E-state index in [1.807, 2.05) is 24.3 Å². The number of hydrogen-bond donors (Lipinski definition) is 0. The molecule has 2 aromatic rings. The van der Waals surface area contributed by atoms with Gasteiger partial charge in [0.2, 0.25) is 0 Å². The largest absolute Gasteiger partial charge is 0.337 e. The monoisotopic (exact) mass is 442 g/mol. The molecule has 1 saturated heterocycles. The average molecular weight is 442 g/mol. The van der Waals surface area contributed by atoms with Crippen LogP contribution in [0.25, 0.3) is 0 Å². The molecule has 5 nitrogen and oxygen atoms in total. The standard InChI is InChI=1S/C17H20FIN4O/c1-21-11-13(10-20-21)12-22-5-2-6-23(8-7-22)17(24)15-9-14(18)3-4-16(15)19/h3-4,9-11H,2,5-8,12H2,1H3. The van der Waals surface area contributed by atoms with Gasteiger partial charge in [-0.2, -0.15) is 5.10 Å². The minimum Gasteiger partial charge on any atom is -0.337 e. The van der Waals surface area contributed by atoms with Gasteiger partial charge >= 0.3 is 0 Å². The molecule has 0 bridgehead atoms. The fourth-order valence-corrected chi connectivity index (χ4v) is 3.54. The molecule has 1 aliphatic heterocycles. The Bertz CT molecular complexity index is 733. The first kappa shape index (κ1) is 17.3. The number of carbonyl (C=O) groups is 1. The van der Waals surface area contributed by atoms with Crippen molar-refractivity contribution in [1.29, 1.82) is 0 Å². The minimum atomic E-state index is -0.369. The molecule has 0 aliphatic carbocycles. The topological polar surface area (TPSA) is 41.4 Å². The normalized spacial score (nSPS) is 16.2. The summed E-state index contributed by atoms with van der Waals surface area (Å²) < 4.78 is 16.1. The third-order valence-electron chi connectivity index (χ3n) is 4.20. The maximum Gasteiger partial charge on any atom is 0.255 e. The molecule has 1 aromatic heterocycles. The second-order valence-electron chi connectivity index (χ2n) is 6.07. The van der Waals surface area contributed by atoms with Crippen LogP contribution in [-0.2, 0) is 13.6 Å². The van der Waals surface area contributed by atoms with Crippen molar-refractivity contribution in [3.8, 4) is 0 Å². The highest BCUT2D eigenvalue weighted by Crippen LogP contribution is 2.18. The van der Waals surface area contributed by atoms with Crippen LogP contribution in [0, 0.1) is 9.39 Å². The number of benzene rings is 1. The third kappa shape index (κ3) is 4.13. The van der Waals surface area contributed by atoms with E-state index < -0.39 is 0 Å². The van der Waals surface area contributed by atoms with Gasteiger partial charge in [-0.25, -0.2) is 4.39 Å². The van der Waals surface area contributed by atoms with E-state index >= 15 is 0 Å².